The summed E-state index contributed by atoms with van der Waals surface area (Å²) in [5.41, 5.74) is 9.26. The van der Waals surface area contributed by atoms with Crippen molar-refractivity contribution in [2.75, 3.05) is 13.2 Å². The van der Waals surface area contributed by atoms with Gasteiger partial charge in [0.25, 0.3) is 0 Å². The lowest BCUT2D eigenvalue weighted by Crippen LogP contribution is -2.45. The number of rotatable bonds is 19. The number of unbranched alkanes of at least 4 members (excludes halogenated alkanes) is 2. The molecule has 2 heterocycles. The third-order valence-corrected chi connectivity index (χ3v) is 9.19. The van der Waals surface area contributed by atoms with Crippen molar-refractivity contribution < 1.29 is 33.4 Å². The molecule has 0 aliphatic carbocycles. The average Bonchev–Trinajstić information content (AvgIpc) is 3.32. The summed E-state index contributed by atoms with van der Waals surface area (Å²) in [4.78, 5) is 60.7. The Hall–Kier alpha value is -4.49. The number of fused-ring (bicyclic) bond motifs is 1. The maximum absolute atomic E-state index is 13.0. The topological polar surface area (TPSA) is 173 Å². The summed E-state index contributed by atoms with van der Waals surface area (Å²) in [6.45, 7) is 8.96. The number of nitrogens with zero attached hydrogens (tertiary/aromatic N) is 2. The van der Waals surface area contributed by atoms with E-state index < -0.39 is 35.6 Å². The van der Waals surface area contributed by atoms with Crippen LogP contribution >= 0.6 is 0 Å². The Kier molecular flexibility index (Phi) is 14.6. The van der Waals surface area contributed by atoms with Crippen LogP contribution < -0.4 is 22.1 Å². The first-order valence-electron chi connectivity index (χ1n) is 18.3. The van der Waals surface area contributed by atoms with Crippen LogP contribution in [0.2, 0.25) is 0 Å². The maximum Gasteiger partial charge on any atom is 0.407 e. The summed E-state index contributed by atoms with van der Waals surface area (Å²) in [6.07, 6.45) is 5.85. The molecule has 13 nitrogen and oxygen atoms in total. The summed E-state index contributed by atoms with van der Waals surface area (Å²) >= 11 is 0. The highest BCUT2D eigenvalue weighted by Crippen LogP contribution is 2.24. The summed E-state index contributed by atoms with van der Waals surface area (Å²) < 4.78 is 20.4. The molecule has 2 aromatic carbocycles. The third kappa shape index (κ3) is 12.0. The number of carbonyl (C=O) groups is 4. The molecule has 1 fully saturated rings. The Morgan fingerprint density at radius 3 is 2.31 bits per heavy atom. The SMILES string of the molecule is C[C@@H](OCc1ccc(CCCCCOCCCc2ccc3c(c2)n(C)c(=O)n3C2CCC(=O)NC2=O)cc1)C(CCC(N)=O)NC(=O)OC(C)(C)C. The van der Waals surface area contributed by atoms with Gasteiger partial charge in [0.2, 0.25) is 17.7 Å². The number of ether oxygens (including phenoxy) is 3. The molecule has 0 spiro atoms. The number of imide groups is 1. The van der Waals surface area contributed by atoms with E-state index in [-0.39, 0.29) is 30.5 Å². The van der Waals surface area contributed by atoms with Crippen LogP contribution in [0.5, 0.6) is 0 Å². The van der Waals surface area contributed by atoms with E-state index in [1.54, 1.807) is 32.4 Å². The van der Waals surface area contributed by atoms with E-state index in [0.29, 0.717) is 38.2 Å². The molecule has 1 aromatic heterocycles. The van der Waals surface area contributed by atoms with Crippen molar-refractivity contribution in [2.24, 2.45) is 12.8 Å². The van der Waals surface area contributed by atoms with Gasteiger partial charge in [0.15, 0.2) is 0 Å². The number of piperidine rings is 1. The minimum Gasteiger partial charge on any atom is -0.444 e. The summed E-state index contributed by atoms with van der Waals surface area (Å²) in [7, 11) is 1.70. The lowest BCUT2D eigenvalue weighted by atomic mass is 10.0. The van der Waals surface area contributed by atoms with Gasteiger partial charge in [-0.1, -0.05) is 36.8 Å². The molecule has 1 aliphatic heterocycles. The number of carbonyl (C=O) groups excluding carboxylic acids is 4. The Morgan fingerprint density at radius 2 is 1.62 bits per heavy atom. The quantitative estimate of drug-likeness (QED) is 0.118. The zero-order valence-electron chi connectivity index (χ0n) is 31.2. The number of nitrogens with two attached hydrogens (primary N) is 1. The molecular formula is C39H55N5O8. The summed E-state index contributed by atoms with van der Waals surface area (Å²) in [5.74, 6) is -1.18. The Morgan fingerprint density at radius 1 is 0.942 bits per heavy atom. The standard InChI is InChI=1S/C39H55N5O8/c1-26(30(17-20-34(40)45)41-37(48)52-39(2,3)4)51-25-29-14-12-27(13-15-29)10-7-6-8-22-50-23-9-11-28-16-18-31-33(24-28)43(5)38(49)44(31)32-19-21-35(46)42-36(32)47/h12-16,18,24,26,30,32H,6-11,17,19-23,25H2,1-5H3,(H2,40,45)(H,41,48)(H,42,46,47)/t26-,30?,32?/m1/s1. The lowest BCUT2D eigenvalue weighted by molar-refractivity contribution is -0.135. The molecule has 2 unspecified atom stereocenters. The van der Waals surface area contributed by atoms with E-state index in [1.807, 2.05) is 25.1 Å². The minimum absolute atomic E-state index is 0.130. The van der Waals surface area contributed by atoms with Crippen molar-refractivity contribution in [3.05, 3.63) is 69.6 Å². The number of aromatic nitrogens is 2. The van der Waals surface area contributed by atoms with Crippen LogP contribution in [0.3, 0.4) is 0 Å². The van der Waals surface area contributed by atoms with Crippen molar-refractivity contribution in [1.82, 2.24) is 19.8 Å². The van der Waals surface area contributed by atoms with Crippen molar-refractivity contribution in [3.63, 3.8) is 0 Å². The molecule has 4 amide bonds. The number of benzene rings is 2. The third-order valence-electron chi connectivity index (χ3n) is 9.19. The number of hydrogen-bond donors (Lipinski definition) is 3. The molecule has 3 atom stereocenters. The molecule has 0 radical (unpaired) electrons. The largest absolute Gasteiger partial charge is 0.444 e. The second kappa shape index (κ2) is 18.8. The van der Waals surface area contributed by atoms with Crippen molar-refractivity contribution in [3.8, 4) is 0 Å². The molecule has 3 aromatic rings. The summed E-state index contributed by atoms with van der Waals surface area (Å²) in [6, 6.07) is 13.1. The molecule has 1 saturated heterocycles. The van der Waals surface area contributed by atoms with E-state index in [2.05, 4.69) is 34.9 Å². The number of alkyl carbamates (subject to hydrolysis) is 1. The minimum atomic E-state index is -0.687. The second-order valence-electron chi connectivity index (χ2n) is 14.6. The van der Waals surface area contributed by atoms with Gasteiger partial charge in [-0.2, -0.15) is 0 Å². The first kappa shape index (κ1) is 40.3. The highest BCUT2D eigenvalue weighted by atomic mass is 16.6. The molecule has 4 N–H and O–H groups in total. The summed E-state index contributed by atoms with van der Waals surface area (Å²) in [5, 5.41) is 5.16. The smallest absolute Gasteiger partial charge is 0.407 e. The Balaban J connectivity index is 1.11. The number of primary amides is 1. The predicted molar refractivity (Wildman–Crippen MR) is 198 cm³/mol. The predicted octanol–water partition coefficient (Wildman–Crippen LogP) is 4.74. The van der Waals surface area contributed by atoms with Crippen LogP contribution in [0.4, 0.5) is 4.79 Å². The first-order valence-corrected chi connectivity index (χ1v) is 18.3. The number of nitrogens with one attached hydrogen (secondary N) is 2. The van der Waals surface area contributed by atoms with Gasteiger partial charge in [0.1, 0.15) is 11.6 Å². The molecule has 0 saturated carbocycles. The van der Waals surface area contributed by atoms with Crippen LogP contribution in [-0.2, 0) is 55.1 Å². The average molecular weight is 722 g/mol. The van der Waals surface area contributed by atoms with Gasteiger partial charge < -0.3 is 25.3 Å². The van der Waals surface area contributed by atoms with Gasteiger partial charge in [-0.05, 0) is 101 Å². The molecular weight excluding hydrogens is 666 g/mol. The second-order valence-corrected chi connectivity index (χ2v) is 14.6. The van der Waals surface area contributed by atoms with Gasteiger partial charge >= 0.3 is 11.8 Å². The van der Waals surface area contributed by atoms with Gasteiger partial charge in [-0.15, -0.1) is 0 Å². The normalized spacial score (nSPS) is 16.1. The van der Waals surface area contributed by atoms with E-state index >= 15 is 0 Å². The number of imidazole rings is 1. The molecule has 4 rings (SSSR count). The lowest BCUT2D eigenvalue weighted by Gasteiger charge is -2.27. The van der Waals surface area contributed by atoms with E-state index in [4.69, 9.17) is 19.9 Å². The van der Waals surface area contributed by atoms with Crippen LogP contribution in [0, 0.1) is 0 Å². The van der Waals surface area contributed by atoms with Crippen LogP contribution in [-0.4, -0.2) is 63.9 Å². The number of amides is 4. The van der Waals surface area contributed by atoms with E-state index in [1.165, 1.54) is 10.1 Å². The van der Waals surface area contributed by atoms with E-state index in [9.17, 15) is 24.0 Å². The van der Waals surface area contributed by atoms with Gasteiger partial charge in [0.05, 0.1) is 29.8 Å². The monoisotopic (exact) mass is 721 g/mol. The molecule has 13 heteroatoms. The fraction of sp³-hybridized carbons (Fsp3) is 0.564. The number of aryl methyl sites for hydroxylation is 3. The fourth-order valence-electron chi connectivity index (χ4n) is 6.31. The van der Waals surface area contributed by atoms with Crippen LogP contribution in [0.1, 0.15) is 102 Å². The molecule has 1 aliphatic rings. The molecule has 0 bridgehead atoms. The highest BCUT2D eigenvalue weighted by Gasteiger charge is 2.31. The zero-order valence-corrected chi connectivity index (χ0v) is 31.2. The van der Waals surface area contributed by atoms with Gasteiger partial charge in [-0.25, -0.2) is 9.59 Å². The Labute approximate surface area is 305 Å². The highest BCUT2D eigenvalue weighted by molar-refractivity contribution is 6.00. The zero-order chi connectivity index (χ0) is 37.8. The first-order chi connectivity index (χ1) is 24.7. The van der Waals surface area contributed by atoms with Gasteiger partial charge in [0, 0.05) is 33.1 Å². The van der Waals surface area contributed by atoms with Crippen molar-refractivity contribution in [1.29, 1.82) is 0 Å². The van der Waals surface area contributed by atoms with Crippen molar-refractivity contribution in [2.45, 2.75) is 122 Å². The Bertz CT molecular complexity index is 1740. The van der Waals surface area contributed by atoms with Crippen LogP contribution in [0.25, 0.3) is 11.0 Å². The van der Waals surface area contributed by atoms with Gasteiger partial charge in [-0.3, -0.25) is 28.8 Å². The molecule has 52 heavy (non-hydrogen) atoms. The maximum atomic E-state index is 13.0. The van der Waals surface area contributed by atoms with Crippen LogP contribution in [0.15, 0.2) is 47.3 Å². The molecule has 284 valence electrons. The van der Waals surface area contributed by atoms with E-state index in [0.717, 1.165) is 55.2 Å². The van der Waals surface area contributed by atoms with Crippen molar-refractivity contribution >= 4 is 34.8 Å². The number of hydrogen-bond acceptors (Lipinski definition) is 8. The fourth-order valence-corrected chi connectivity index (χ4v) is 6.31.